The molecule has 5 heteroatoms. The Morgan fingerprint density at radius 3 is 2.53 bits per heavy atom. The number of carbonyl (C=O) groups is 2. The van der Waals surface area contributed by atoms with Gasteiger partial charge in [0.15, 0.2) is 6.61 Å². The van der Waals surface area contributed by atoms with Crippen LogP contribution in [0.4, 0.5) is 0 Å². The van der Waals surface area contributed by atoms with E-state index in [-0.39, 0.29) is 25.0 Å². The molecule has 1 aromatic carbocycles. The second-order valence-corrected chi connectivity index (χ2v) is 4.57. The Hall–Kier alpha value is -2.04. The molecule has 0 saturated carbocycles. The van der Waals surface area contributed by atoms with E-state index in [1.165, 1.54) is 0 Å². The van der Waals surface area contributed by atoms with Crippen LogP contribution in [0.15, 0.2) is 24.3 Å². The van der Waals surface area contributed by atoms with Crippen LogP contribution in [0.3, 0.4) is 0 Å². The molecule has 0 atom stereocenters. The Balaban J connectivity index is 2.67. The van der Waals surface area contributed by atoms with Crippen molar-refractivity contribution in [3.05, 3.63) is 29.8 Å². The van der Waals surface area contributed by atoms with E-state index >= 15 is 0 Å². The SMILES string of the molecule is CC(C)N(C)C(=O)COc1ccccc1CC(=O)O. The Labute approximate surface area is 112 Å². The number of carboxylic acid groups (broad SMARTS) is 1. The molecular weight excluding hydrogens is 246 g/mol. The van der Waals surface area contributed by atoms with E-state index in [1.54, 1.807) is 36.2 Å². The van der Waals surface area contributed by atoms with Crippen molar-refractivity contribution in [2.24, 2.45) is 0 Å². The minimum Gasteiger partial charge on any atom is -0.483 e. The van der Waals surface area contributed by atoms with Gasteiger partial charge in [-0.1, -0.05) is 18.2 Å². The van der Waals surface area contributed by atoms with E-state index in [9.17, 15) is 9.59 Å². The van der Waals surface area contributed by atoms with Crippen LogP contribution in [0.25, 0.3) is 0 Å². The maximum absolute atomic E-state index is 11.8. The van der Waals surface area contributed by atoms with Gasteiger partial charge in [-0.25, -0.2) is 0 Å². The molecule has 1 aromatic rings. The summed E-state index contributed by atoms with van der Waals surface area (Å²) < 4.78 is 5.42. The van der Waals surface area contributed by atoms with E-state index < -0.39 is 5.97 Å². The van der Waals surface area contributed by atoms with Gasteiger partial charge in [0, 0.05) is 18.7 Å². The van der Waals surface area contributed by atoms with Gasteiger partial charge in [0.2, 0.25) is 0 Å². The maximum Gasteiger partial charge on any atom is 0.307 e. The number of amides is 1. The number of benzene rings is 1. The van der Waals surface area contributed by atoms with Gasteiger partial charge < -0.3 is 14.7 Å². The first kappa shape index (κ1) is 15.0. The first-order chi connectivity index (χ1) is 8.91. The number of rotatable bonds is 6. The van der Waals surface area contributed by atoms with Crippen molar-refractivity contribution in [2.45, 2.75) is 26.3 Å². The number of nitrogens with zero attached hydrogens (tertiary/aromatic N) is 1. The number of hydrogen-bond acceptors (Lipinski definition) is 3. The molecule has 1 amide bonds. The van der Waals surface area contributed by atoms with Gasteiger partial charge >= 0.3 is 5.97 Å². The Morgan fingerprint density at radius 1 is 1.32 bits per heavy atom. The smallest absolute Gasteiger partial charge is 0.307 e. The quantitative estimate of drug-likeness (QED) is 0.847. The van der Waals surface area contributed by atoms with E-state index in [0.717, 1.165) is 0 Å². The van der Waals surface area contributed by atoms with Crippen molar-refractivity contribution in [2.75, 3.05) is 13.7 Å². The van der Waals surface area contributed by atoms with E-state index in [4.69, 9.17) is 9.84 Å². The van der Waals surface area contributed by atoms with Crippen LogP contribution in [0.5, 0.6) is 5.75 Å². The van der Waals surface area contributed by atoms with Crippen LogP contribution in [0, 0.1) is 0 Å². The number of aliphatic carboxylic acids is 1. The average molecular weight is 265 g/mol. The van der Waals surface area contributed by atoms with Gasteiger partial charge in [-0.05, 0) is 19.9 Å². The molecule has 104 valence electrons. The summed E-state index contributed by atoms with van der Waals surface area (Å²) in [4.78, 5) is 24.1. The highest BCUT2D eigenvalue weighted by Gasteiger charge is 2.14. The fourth-order valence-corrected chi connectivity index (χ4v) is 1.48. The topological polar surface area (TPSA) is 66.8 Å². The Morgan fingerprint density at radius 2 is 1.95 bits per heavy atom. The van der Waals surface area contributed by atoms with Crippen molar-refractivity contribution >= 4 is 11.9 Å². The molecule has 0 bridgehead atoms. The minimum absolute atomic E-state index is 0.0920. The van der Waals surface area contributed by atoms with Crippen LogP contribution in [0.1, 0.15) is 19.4 Å². The zero-order valence-corrected chi connectivity index (χ0v) is 11.4. The van der Waals surface area contributed by atoms with Gasteiger partial charge in [-0.15, -0.1) is 0 Å². The van der Waals surface area contributed by atoms with Gasteiger partial charge in [-0.2, -0.15) is 0 Å². The van der Waals surface area contributed by atoms with E-state index in [0.29, 0.717) is 11.3 Å². The highest BCUT2D eigenvalue weighted by Crippen LogP contribution is 2.18. The zero-order valence-electron chi connectivity index (χ0n) is 11.4. The minimum atomic E-state index is -0.929. The van der Waals surface area contributed by atoms with Crippen LogP contribution >= 0.6 is 0 Å². The second kappa shape index (κ2) is 6.78. The molecule has 0 aliphatic heterocycles. The molecule has 5 nitrogen and oxygen atoms in total. The molecular formula is C14H19NO4. The summed E-state index contributed by atoms with van der Waals surface area (Å²) in [5.74, 6) is -0.628. The molecule has 0 radical (unpaired) electrons. The normalized spacial score (nSPS) is 10.3. The van der Waals surface area contributed by atoms with Gasteiger partial charge in [0.1, 0.15) is 5.75 Å². The summed E-state index contributed by atoms with van der Waals surface area (Å²) in [7, 11) is 1.71. The first-order valence-corrected chi connectivity index (χ1v) is 6.10. The molecule has 19 heavy (non-hydrogen) atoms. The highest BCUT2D eigenvalue weighted by molar-refractivity contribution is 5.78. The van der Waals surface area contributed by atoms with Crippen molar-refractivity contribution in [1.82, 2.24) is 4.90 Å². The molecule has 0 fully saturated rings. The fraction of sp³-hybridized carbons (Fsp3) is 0.429. The summed E-state index contributed by atoms with van der Waals surface area (Å²) >= 11 is 0. The van der Waals surface area contributed by atoms with E-state index in [1.807, 2.05) is 13.8 Å². The lowest BCUT2D eigenvalue weighted by Gasteiger charge is -2.21. The van der Waals surface area contributed by atoms with Crippen LogP contribution in [0.2, 0.25) is 0 Å². The Bertz CT molecular complexity index is 457. The summed E-state index contributed by atoms with van der Waals surface area (Å²) in [6.07, 6.45) is -0.121. The first-order valence-electron chi connectivity index (χ1n) is 6.10. The Kier molecular flexibility index (Phi) is 5.36. The monoisotopic (exact) mass is 265 g/mol. The standard InChI is InChI=1S/C14H19NO4/c1-10(2)15(3)13(16)9-19-12-7-5-4-6-11(12)8-14(17)18/h4-7,10H,8-9H2,1-3H3,(H,17,18). The predicted octanol–water partition coefficient (Wildman–Crippen LogP) is 1.56. The lowest BCUT2D eigenvalue weighted by atomic mass is 10.1. The number of para-hydroxylation sites is 1. The van der Waals surface area contributed by atoms with Crippen molar-refractivity contribution in [3.8, 4) is 5.75 Å². The predicted molar refractivity (Wildman–Crippen MR) is 71.2 cm³/mol. The molecule has 0 aromatic heterocycles. The number of carbonyl (C=O) groups excluding carboxylic acids is 1. The van der Waals surface area contributed by atoms with Crippen molar-refractivity contribution in [1.29, 1.82) is 0 Å². The number of ether oxygens (including phenoxy) is 1. The summed E-state index contributed by atoms with van der Waals surface area (Å²) in [6.45, 7) is 3.73. The molecule has 0 heterocycles. The zero-order chi connectivity index (χ0) is 14.4. The number of likely N-dealkylation sites (N-methyl/N-ethyl adjacent to an activating group) is 1. The maximum atomic E-state index is 11.8. The second-order valence-electron chi connectivity index (χ2n) is 4.57. The van der Waals surface area contributed by atoms with Crippen LogP contribution in [-0.4, -0.2) is 41.6 Å². The number of carboxylic acids is 1. The summed E-state index contributed by atoms with van der Waals surface area (Å²) in [5.41, 5.74) is 0.565. The lowest BCUT2D eigenvalue weighted by Crippen LogP contribution is -2.36. The van der Waals surface area contributed by atoms with Crippen molar-refractivity contribution in [3.63, 3.8) is 0 Å². The van der Waals surface area contributed by atoms with E-state index in [2.05, 4.69) is 0 Å². The highest BCUT2D eigenvalue weighted by atomic mass is 16.5. The number of hydrogen-bond donors (Lipinski definition) is 1. The van der Waals surface area contributed by atoms with Crippen LogP contribution < -0.4 is 4.74 Å². The molecule has 0 unspecified atom stereocenters. The van der Waals surface area contributed by atoms with Gasteiger partial charge in [-0.3, -0.25) is 9.59 Å². The molecule has 1 rings (SSSR count). The molecule has 1 N–H and O–H groups in total. The van der Waals surface area contributed by atoms with Crippen molar-refractivity contribution < 1.29 is 19.4 Å². The van der Waals surface area contributed by atoms with Crippen LogP contribution in [-0.2, 0) is 16.0 Å². The van der Waals surface area contributed by atoms with Gasteiger partial charge in [0.05, 0.1) is 6.42 Å². The largest absolute Gasteiger partial charge is 0.483 e. The summed E-state index contributed by atoms with van der Waals surface area (Å²) in [6, 6.07) is 6.94. The average Bonchev–Trinajstić information content (AvgIpc) is 2.35. The summed E-state index contributed by atoms with van der Waals surface area (Å²) in [5, 5.41) is 8.80. The third kappa shape index (κ3) is 4.62. The molecule has 0 saturated heterocycles. The third-order valence-electron chi connectivity index (χ3n) is 2.83. The third-order valence-corrected chi connectivity index (χ3v) is 2.83. The molecule has 0 aliphatic rings. The van der Waals surface area contributed by atoms with Gasteiger partial charge in [0.25, 0.3) is 5.91 Å². The fourth-order valence-electron chi connectivity index (χ4n) is 1.48. The lowest BCUT2D eigenvalue weighted by molar-refractivity contribution is -0.136. The molecule has 0 aliphatic carbocycles. The molecule has 0 spiro atoms.